The molecule has 0 bridgehead atoms. The minimum atomic E-state index is -0.292. The van der Waals surface area contributed by atoms with Gasteiger partial charge in [0.05, 0.1) is 6.54 Å². The molecule has 3 aromatic rings. The van der Waals surface area contributed by atoms with E-state index in [-0.39, 0.29) is 17.2 Å². The molecule has 4 nitrogen and oxygen atoms in total. The largest absolute Gasteiger partial charge is 0.317 e. The van der Waals surface area contributed by atoms with Crippen LogP contribution in [0.2, 0.25) is 0 Å². The average Bonchev–Trinajstić information content (AvgIpc) is 2.60. The topological polar surface area (TPSA) is 51.1 Å². The molecule has 4 heteroatoms. The van der Waals surface area contributed by atoms with E-state index in [2.05, 4.69) is 5.32 Å². The van der Waals surface area contributed by atoms with Crippen LogP contribution in [-0.4, -0.2) is 10.5 Å². The SMILES string of the molecule is O=C(Nc1cccn(Cc2ccccc2)c1=O)c1ccccc1. The fraction of sp³-hybridized carbons (Fsp3) is 0.0526. The Morgan fingerprint density at radius 3 is 2.22 bits per heavy atom. The van der Waals surface area contributed by atoms with E-state index in [1.165, 1.54) is 0 Å². The van der Waals surface area contributed by atoms with Gasteiger partial charge in [-0.05, 0) is 29.8 Å². The minimum Gasteiger partial charge on any atom is -0.317 e. The third-order valence-corrected chi connectivity index (χ3v) is 3.50. The van der Waals surface area contributed by atoms with Crippen LogP contribution < -0.4 is 10.9 Å². The lowest BCUT2D eigenvalue weighted by Crippen LogP contribution is -2.25. The third kappa shape index (κ3) is 3.55. The highest BCUT2D eigenvalue weighted by atomic mass is 16.2. The van der Waals surface area contributed by atoms with E-state index < -0.39 is 0 Å². The van der Waals surface area contributed by atoms with E-state index in [0.29, 0.717) is 12.1 Å². The van der Waals surface area contributed by atoms with E-state index in [9.17, 15) is 9.59 Å². The van der Waals surface area contributed by atoms with Crippen molar-refractivity contribution in [2.45, 2.75) is 6.54 Å². The number of hydrogen-bond donors (Lipinski definition) is 1. The summed E-state index contributed by atoms with van der Waals surface area (Å²) >= 11 is 0. The molecule has 2 aromatic carbocycles. The first-order valence-corrected chi connectivity index (χ1v) is 7.34. The number of rotatable bonds is 4. The number of nitrogens with zero attached hydrogens (tertiary/aromatic N) is 1. The van der Waals surface area contributed by atoms with E-state index >= 15 is 0 Å². The van der Waals surface area contributed by atoms with Gasteiger partial charge in [0.15, 0.2) is 0 Å². The molecular formula is C19H16N2O2. The number of benzene rings is 2. The first kappa shape index (κ1) is 14.8. The Hall–Kier alpha value is -3.14. The number of amides is 1. The Morgan fingerprint density at radius 2 is 1.52 bits per heavy atom. The molecule has 1 heterocycles. The van der Waals surface area contributed by atoms with Gasteiger partial charge in [-0.15, -0.1) is 0 Å². The maximum Gasteiger partial charge on any atom is 0.274 e. The summed E-state index contributed by atoms with van der Waals surface area (Å²) in [4.78, 5) is 24.7. The molecule has 0 atom stereocenters. The number of carbonyl (C=O) groups excluding carboxylic acids is 1. The van der Waals surface area contributed by atoms with E-state index in [4.69, 9.17) is 0 Å². The second-order valence-corrected chi connectivity index (χ2v) is 5.16. The van der Waals surface area contributed by atoms with Crippen molar-refractivity contribution in [3.8, 4) is 0 Å². The van der Waals surface area contributed by atoms with Gasteiger partial charge in [-0.2, -0.15) is 0 Å². The molecule has 114 valence electrons. The maximum absolute atomic E-state index is 12.5. The van der Waals surface area contributed by atoms with Gasteiger partial charge >= 0.3 is 0 Å². The molecule has 3 rings (SSSR count). The Morgan fingerprint density at radius 1 is 0.870 bits per heavy atom. The molecule has 0 radical (unpaired) electrons. The number of anilines is 1. The summed E-state index contributed by atoms with van der Waals surface area (Å²) < 4.78 is 1.58. The fourth-order valence-corrected chi connectivity index (χ4v) is 2.32. The van der Waals surface area contributed by atoms with Gasteiger partial charge in [0.25, 0.3) is 11.5 Å². The van der Waals surface area contributed by atoms with E-state index in [0.717, 1.165) is 5.56 Å². The van der Waals surface area contributed by atoms with Gasteiger partial charge in [-0.1, -0.05) is 48.5 Å². The summed E-state index contributed by atoms with van der Waals surface area (Å²) in [7, 11) is 0. The lowest BCUT2D eigenvalue weighted by Gasteiger charge is -2.09. The van der Waals surface area contributed by atoms with Crippen molar-refractivity contribution in [3.63, 3.8) is 0 Å². The van der Waals surface area contributed by atoms with Crippen molar-refractivity contribution in [1.82, 2.24) is 4.57 Å². The molecule has 0 unspecified atom stereocenters. The molecule has 0 spiro atoms. The van der Waals surface area contributed by atoms with Crippen LogP contribution in [0.5, 0.6) is 0 Å². The highest BCUT2D eigenvalue weighted by Gasteiger charge is 2.09. The zero-order valence-electron chi connectivity index (χ0n) is 12.5. The highest BCUT2D eigenvalue weighted by molar-refractivity contribution is 6.04. The minimum absolute atomic E-state index is 0.222. The Bertz CT molecular complexity index is 855. The molecule has 23 heavy (non-hydrogen) atoms. The second-order valence-electron chi connectivity index (χ2n) is 5.16. The van der Waals surface area contributed by atoms with Crippen LogP contribution in [0.3, 0.4) is 0 Å². The summed E-state index contributed by atoms with van der Waals surface area (Å²) in [5.74, 6) is -0.292. The molecular weight excluding hydrogens is 288 g/mol. The molecule has 0 aliphatic carbocycles. The third-order valence-electron chi connectivity index (χ3n) is 3.50. The Balaban J connectivity index is 1.83. The van der Waals surface area contributed by atoms with Crippen LogP contribution in [0.4, 0.5) is 5.69 Å². The zero-order chi connectivity index (χ0) is 16.1. The second kappa shape index (κ2) is 6.75. The van der Waals surface area contributed by atoms with Gasteiger partial charge < -0.3 is 9.88 Å². The van der Waals surface area contributed by atoms with E-state index in [1.807, 2.05) is 36.4 Å². The first-order chi connectivity index (χ1) is 11.2. The van der Waals surface area contributed by atoms with Crippen LogP contribution in [0.15, 0.2) is 83.8 Å². The summed E-state index contributed by atoms with van der Waals surface area (Å²) in [6.07, 6.45) is 1.72. The predicted molar refractivity (Wildman–Crippen MR) is 90.6 cm³/mol. The lowest BCUT2D eigenvalue weighted by molar-refractivity contribution is 0.102. The first-order valence-electron chi connectivity index (χ1n) is 7.34. The number of aromatic nitrogens is 1. The summed E-state index contributed by atoms with van der Waals surface area (Å²) in [5.41, 5.74) is 1.60. The standard InChI is InChI=1S/C19H16N2O2/c22-18(16-10-5-2-6-11-16)20-17-12-7-13-21(19(17)23)14-15-8-3-1-4-9-15/h1-13H,14H2,(H,20,22). The maximum atomic E-state index is 12.5. The lowest BCUT2D eigenvalue weighted by atomic mass is 10.2. The van der Waals surface area contributed by atoms with Gasteiger partial charge in [0, 0.05) is 11.8 Å². The van der Waals surface area contributed by atoms with Crippen LogP contribution in [0.25, 0.3) is 0 Å². The summed E-state index contributed by atoms with van der Waals surface area (Å²) in [6, 6.07) is 21.9. The molecule has 1 amide bonds. The monoisotopic (exact) mass is 304 g/mol. The molecule has 0 saturated heterocycles. The molecule has 0 saturated carbocycles. The molecule has 0 aliphatic rings. The van der Waals surface area contributed by atoms with Gasteiger partial charge in [-0.3, -0.25) is 9.59 Å². The molecule has 1 aromatic heterocycles. The van der Waals surface area contributed by atoms with Crippen molar-refractivity contribution < 1.29 is 4.79 Å². The number of pyridine rings is 1. The Labute approximate surface area is 134 Å². The quantitative estimate of drug-likeness (QED) is 0.805. The van der Waals surface area contributed by atoms with Gasteiger partial charge in [0.1, 0.15) is 5.69 Å². The average molecular weight is 304 g/mol. The Kier molecular flexibility index (Phi) is 4.34. The van der Waals surface area contributed by atoms with Crippen LogP contribution in [0.1, 0.15) is 15.9 Å². The predicted octanol–water partition coefficient (Wildman–Crippen LogP) is 3.15. The normalized spacial score (nSPS) is 10.3. The van der Waals surface area contributed by atoms with Crippen LogP contribution in [0, 0.1) is 0 Å². The van der Waals surface area contributed by atoms with E-state index in [1.54, 1.807) is 47.2 Å². The zero-order valence-corrected chi connectivity index (χ0v) is 12.5. The van der Waals surface area contributed by atoms with Crippen LogP contribution in [-0.2, 0) is 6.54 Å². The number of nitrogens with one attached hydrogen (secondary N) is 1. The molecule has 0 fully saturated rings. The van der Waals surface area contributed by atoms with Crippen molar-refractivity contribution in [2.24, 2.45) is 0 Å². The van der Waals surface area contributed by atoms with Crippen molar-refractivity contribution in [2.75, 3.05) is 5.32 Å². The van der Waals surface area contributed by atoms with Crippen molar-refractivity contribution in [1.29, 1.82) is 0 Å². The number of carbonyl (C=O) groups is 1. The molecule has 0 aliphatic heterocycles. The van der Waals surface area contributed by atoms with Crippen LogP contribution >= 0.6 is 0 Å². The highest BCUT2D eigenvalue weighted by Crippen LogP contribution is 2.06. The fourth-order valence-electron chi connectivity index (χ4n) is 2.32. The molecule has 1 N–H and O–H groups in total. The van der Waals surface area contributed by atoms with Gasteiger partial charge in [0.2, 0.25) is 0 Å². The van der Waals surface area contributed by atoms with Gasteiger partial charge in [-0.25, -0.2) is 0 Å². The smallest absolute Gasteiger partial charge is 0.274 e. The summed E-state index contributed by atoms with van der Waals surface area (Å²) in [6.45, 7) is 0.467. The van der Waals surface area contributed by atoms with Crippen molar-refractivity contribution in [3.05, 3.63) is 100 Å². The number of hydrogen-bond acceptors (Lipinski definition) is 2. The summed E-state index contributed by atoms with van der Waals surface area (Å²) in [5, 5.41) is 2.68. The van der Waals surface area contributed by atoms with Crippen molar-refractivity contribution >= 4 is 11.6 Å².